The second-order valence-electron chi connectivity index (χ2n) is 8.02. The minimum absolute atomic E-state index is 0.184. The van der Waals surface area contributed by atoms with Gasteiger partial charge in [-0.25, -0.2) is 4.39 Å². The third kappa shape index (κ3) is 4.41. The molecular formula is C29H32FNO2S. The highest BCUT2D eigenvalue weighted by Crippen LogP contribution is 2.66. The molecule has 1 heterocycles. The van der Waals surface area contributed by atoms with Gasteiger partial charge in [-0.15, -0.1) is 0 Å². The summed E-state index contributed by atoms with van der Waals surface area (Å²) in [6.45, 7) is 8.02. The normalized spacial score (nSPS) is 23.4. The van der Waals surface area contributed by atoms with Gasteiger partial charge in [-0.05, 0) is 72.7 Å². The fourth-order valence-electron chi connectivity index (χ4n) is 4.69. The van der Waals surface area contributed by atoms with Crippen LogP contribution in [0.5, 0.6) is 5.75 Å². The zero-order chi connectivity index (χ0) is 24.9. The van der Waals surface area contributed by atoms with E-state index in [1.54, 1.807) is 30.5 Å². The van der Waals surface area contributed by atoms with Crippen LogP contribution in [-0.2, 0) is 4.74 Å². The van der Waals surface area contributed by atoms with Gasteiger partial charge in [0.15, 0.2) is 5.60 Å². The van der Waals surface area contributed by atoms with E-state index >= 15 is 0 Å². The lowest BCUT2D eigenvalue weighted by molar-refractivity contribution is 0.270. The number of phenolic OH excluding ortho intramolecular Hbond substituents is 1. The molecule has 0 bridgehead atoms. The fraction of sp³-hybridized carbons (Fsp3) is 0.310. The van der Waals surface area contributed by atoms with Crippen LogP contribution in [0.4, 0.5) is 10.1 Å². The Balaban J connectivity index is 0.000000771. The second-order valence-corrected chi connectivity index (χ2v) is 8.02. The average Bonchev–Trinajstić information content (AvgIpc) is 3.41. The molecular weight excluding hydrogens is 445 g/mol. The van der Waals surface area contributed by atoms with E-state index in [1.807, 2.05) is 39.1 Å². The molecule has 1 saturated carbocycles. The molecule has 2 fully saturated rings. The zero-order valence-corrected chi connectivity index (χ0v) is 21.1. The Morgan fingerprint density at radius 2 is 1.82 bits per heavy atom. The van der Waals surface area contributed by atoms with Crippen molar-refractivity contribution in [3.8, 4) is 17.6 Å². The van der Waals surface area contributed by atoms with Gasteiger partial charge in [0.1, 0.15) is 17.2 Å². The van der Waals surface area contributed by atoms with Gasteiger partial charge < -0.3 is 14.7 Å². The summed E-state index contributed by atoms with van der Waals surface area (Å²) in [6, 6.07) is 13.6. The molecule has 1 aliphatic heterocycles. The molecule has 2 aromatic carbocycles. The van der Waals surface area contributed by atoms with E-state index in [2.05, 4.69) is 42.0 Å². The fourth-order valence-corrected chi connectivity index (χ4v) is 4.69. The lowest BCUT2D eigenvalue weighted by Crippen LogP contribution is -2.27. The van der Waals surface area contributed by atoms with E-state index in [0.29, 0.717) is 12.0 Å². The number of aromatic hydroxyl groups is 1. The van der Waals surface area contributed by atoms with Crippen molar-refractivity contribution >= 4 is 18.3 Å². The molecule has 0 radical (unpaired) electrons. The summed E-state index contributed by atoms with van der Waals surface area (Å²) >= 11 is 3.53. The average molecular weight is 478 g/mol. The van der Waals surface area contributed by atoms with Crippen LogP contribution in [0.3, 0.4) is 0 Å². The summed E-state index contributed by atoms with van der Waals surface area (Å²) in [5.74, 6) is 6.38. The van der Waals surface area contributed by atoms with E-state index < -0.39 is 11.2 Å². The van der Waals surface area contributed by atoms with Crippen LogP contribution >= 0.6 is 12.6 Å². The first-order chi connectivity index (χ1) is 16.5. The Bertz CT molecular complexity index is 1170. The molecule has 3 nitrogen and oxygen atoms in total. The van der Waals surface area contributed by atoms with Crippen molar-refractivity contribution in [3.05, 3.63) is 95.5 Å². The van der Waals surface area contributed by atoms with E-state index in [0.717, 1.165) is 29.8 Å². The summed E-state index contributed by atoms with van der Waals surface area (Å²) in [4.78, 5) is 2.06. The van der Waals surface area contributed by atoms with Crippen molar-refractivity contribution in [2.45, 2.75) is 44.3 Å². The number of thiol groups is 1. The highest BCUT2D eigenvalue weighted by atomic mass is 32.1. The van der Waals surface area contributed by atoms with Gasteiger partial charge >= 0.3 is 0 Å². The largest absolute Gasteiger partial charge is 0.507 e. The molecule has 1 N–H and O–H groups in total. The Morgan fingerprint density at radius 1 is 1.15 bits per heavy atom. The predicted molar refractivity (Wildman–Crippen MR) is 142 cm³/mol. The maximum Gasteiger partial charge on any atom is 0.163 e. The van der Waals surface area contributed by atoms with Crippen LogP contribution < -0.4 is 4.90 Å². The molecule has 1 spiro atoms. The highest BCUT2D eigenvalue weighted by molar-refractivity contribution is 7.79. The highest BCUT2D eigenvalue weighted by Gasteiger charge is 2.75. The van der Waals surface area contributed by atoms with Gasteiger partial charge in [-0.1, -0.05) is 50.5 Å². The number of nitrogens with zero attached hydrogens (tertiary/aromatic N) is 1. The van der Waals surface area contributed by atoms with E-state index in [9.17, 15) is 9.50 Å². The number of rotatable bonds is 3. The number of likely N-dealkylation sites (N-methyl/N-ethyl adjacent to an activating group) is 1. The monoisotopic (exact) mass is 477 g/mol. The van der Waals surface area contributed by atoms with Crippen LogP contribution in [0.25, 0.3) is 0 Å². The summed E-state index contributed by atoms with van der Waals surface area (Å²) in [5, 5.41) is 10.0. The first kappa shape index (κ1) is 25.7. The summed E-state index contributed by atoms with van der Waals surface area (Å²) < 4.78 is 19.6. The third-order valence-electron chi connectivity index (χ3n) is 6.43. The Morgan fingerprint density at radius 3 is 2.47 bits per heavy atom. The Kier molecular flexibility index (Phi) is 7.97. The van der Waals surface area contributed by atoms with Crippen LogP contribution in [0.1, 0.15) is 38.7 Å². The van der Waals surface area contributed by atoms with Crippen molar-refractivity contribution < 1.29 is 14.2 Å². The van der Waals surface area contributed by atoms with Crippen LogP contribution in [0.15, 0.2) is 84.1 Å². The lowest BCUT2D eigenvalue weighted by Gasteiger charge is -2.29. The third-order valence-corrected chi connectivity index (χ3v) is 6.43. The van der Waals surface area contributed by atoms with E-state index in [4.69, 9.17) is 4.74 Å². The number of anilines is 1. The standard InChI is InChI=1S/C26H22FNO2.C2H6.CH4S/c1-3-18-17-26-20(16-23(18)28(2)22-10-8-21(27)9-11-22)13-15-25(26,30-26)14-12-19-6-4-5-7-24(19)29;2*1-2/h3-11,16,29H,1,13,15,17H2,2H3;1-2H3;2H,1H3. The van der Waals surface area contributed by atoms with Gasteiger partial charge in [-0.2, -0.15) is 12.6 Å². The van der Waals surface area contributed by atoms with Gasteiger partial charge in [0.25, 0.3) is 0 Å². The minimum Gasteiger partial charge on any atom is -0.507 e. The smallest absolute Gasteiger partial charge is 0.163 e. The lowest BCUT2D eigenvalue weighted by atomic mass is 9.82. The maximum atomic E-state index is 13.3. The van der Waals surface area contributed by atoms with Crippen LogP contribution in [0, 0.1) is 17.7 Å². The number of halogens is 1. The molecule has 1 saturated heterocycles. The Labute approximate surface area is 208 Å². The molecule has 5 heteroatoms. The first-order valence-corrected chi connectivity index (χ1v) is 12.4. The topological polar surface area (TPSA) is 36.0 Å². The molecule has 34 heavy (non-hydrogen) atoms. The van der Waals surface area contributed by atoms with Crippen molar-refractivity contribution in [2.24, 2.45) is 0 Å². The number of hydrogen-bond acceptors (Lipinski definition) is 4. The summed E-state index contributed by atoms with van der Waals surface area (Å²) in [6.07, 6.45) is 8.20. The van der Waals surface area contributed by atoms with Gasteiger partial charge in [0.2, 0.25) is 0 Å². The summed E-state index contributed by atoms with van der Waals surface area (Å²) in [7, 11) is 1.98. The molecule has 0 amide bonds. The number of ether oxygens (including phenoxy) is 1. The molecule has 3 aliphatic rings. The second kappa shape index (κ2) is 10.5. The predicted octanol–water partition coefficient (Wildman–Crippen LogP) is 6.66. The SMILES string of the molecule is C=CC1=C(N(C)c2ccc(F)cc2)C=C2CCC3(C#Cc4ccccc4O)OC23C1.CC.CS. The summed E-state index contributed by atoms with van der Waals surface area (Å²) in [5.41, 5.74) is 4.00. The van der Waals surface area contributed by atoms with Crippen molar-refractivity contribution in [1.82, 2.24) is 0 Å². The number of benzene rings is 2. The molecule has 0 aromatic heterocycles. The molecule has 2 unspecified atom stereocenters. The quantitative estimate of drug-likeness (QED) is 0.295. The minimum atomic E-state index is -0.505. The first-order valence-electron chi connectivity index (χ1n) is 11.5. The maximum absolute atomic E-state index is 13.3. The van der Waals surface area contributed by atoms with Crippen LogP contribution in [-0.4, -0.2) is 29.6 Å². The van der Waals surface area contributed by atoms with Crippen LogP contribution in [0.2, 0.25) is 0 Å². The van der Waals surface area contributed by atoms with Gasteiger partial charge in [0.05, 0.1) is 5.56 Å². The molecule has 2 aromatic rings. The Hall–Kier alpha value is -2.94. The number of epoxide rings is 1. The van der Waals surface area contributed by atoms with Crippen molar-refractivity contribution in [3.63, 3.8) is 0 Å². The van der Waals surface area contributed by atoms with E-state index in [1.165, 1.54) is 17.7 Å². The molecule has 5 rings (SSSR count). The number of allylic oxidation sites excluding steroid dienone is 2. The molecule has 2 atom stereocenters. The number of para-hydroxylation sites is 1. The van der Waals surface area contributed by atoms with E-state index in [-0.39, 0.29) is 11.6 Å². The van der Waals surface area contributed by atoms with Gasteiger partial charge in [-0.3, -0.25) is 0 Å². The molecule has 178 valence electrons. The van der Waals surface area contributed by atoms with Gasteiger partial charge in [0, 0.05) is 24.9 Å². The number of hydrogen-bond donors (Lipinski definition) is 2. The van der Waals surface area contributed by atoms with Crippen molar-refractivity contribution in [2.75, 3.05) is 18.2 Å². The molecule has 2 aliphatic carbocycles. The van der Waals surface area contributed by atoms with Crippen molar-refractivity contribution in [1.29, 1.82) is 0 Å². The zero-order valence-electron chi connectivity index (χ0n) is 20.2. The number of phenols is 1.